The number of benzene rings is 1. The molecule has 6 nitrogen and oxygen atoms in total. The molecule has 1 aliphatic heterocycles. The molecule has 1 fully saturated rings. The molecule has 140 valence electrons. The van der Waals surface area contributed by atoms with Crippen LogP contribution in [-0.4, -0.2) is 50.5 Å². The van der Waals surface area contributed by atoms with Crippen molar-refractivity contribution < 1.29 is 27.4 Å². The lowest BCUT2D eigenvalue weighted by Gasteiger charge is -2.33. The number of ether oxygens (including phenoxy) is 1. The Bertz CT molecular complexity index is 714. The fraction of sp³-hybridized carbons (Fsp3) is 0.588. The van der Waals surface area contributed by atoms with Gasteiger partial charge in [-0.15, -0.1) is 0 Å². The SMILES string of the molecule is C[C@H](CCOc1ccc(S(C)(=O)=O)c(F)c1)C1CCN(C(=O)O)CC1. The number of hydrogen-bond acceptors (Lipinski definition) is 4. The molecule has 0 aliphatic carbocycles. The van der Waals surface area contributed by atoms with Gasteiger partial charge in [-0.1, -0.05) is 6.92 Å². The van der Waals surface area contributed by atoms with Gasteiger partial charge in [-0.2, -0.15) is 0 Å². The first-order chi connectivity index (χ1) is 11.7. The van der Waals surface area contributed by atoms with Crippen LogP contribution >= 0.6 is 0 Å². The lowest BCUT2D eigenvalue weighted by Crippen LogP contribution is -2.39. The highest BCUT2D eigenvalue weighted by Crippen LogP contribution is 2.27. The predicted molar refractivity (Wildman–Crippen MR) is 91.1 cm³/mol. The Kier molecular flexibility index (Phi) is 6.26. The number of hydrogen-bond donors (Lipinski definition) is 1. The maximum absolute atomic E-state index is 13.8. The monoisotopic (exact) mass is 373 g/mol. The van der Waals surface area contributed by atoms with E-state index in [4.69, 9.17) is 9.84 Å². The summed E-state index contributed by atoms with van der Waals surface area (Å²) in [5, 5.41) is 8.96. The second-order valence-electron chi connectivity index (χ2n) is 6.59. The molecule has 0 saturated carbocycles. The summed E-state index contributed by atoms with van der Waals surface area (Å²) in [6, 6.07) is 3.76. The van der Waals surface area contributed by atoms with Crippen molar-refractivity contribution in [2.24, 2.45) is 11.8 Å². The van der Waals surface area contributed by atoms with Gasteiger partial charge in [-0.25, -0.2) is 17.6 Å². The quantitative estimate of drug-likeness (QED) is 0.829. The van der Waals surface area contributed by atoms with Crippen LogP contribution in [0.25, 0.3) is 0 Å². The number of carbonyl (C=O) groups is 1. The molecule has 2 rings (SSSR count). The van der Waals surface area contributed by atoms with Crippen molar-refractivity contribution >= 4 is 15.9 Å². The zero-order valence-corrected chi connectivity index (χ0v) is 15.3. The van der Waals surface area contributed by atoms with Crippen LogP contribution in [0.4, 0.5) is 9.18 Å². The Hall–Kier alpha value is -1.83. The largest absolute Gasteiger partial charge is 0.493 e. The zero-order chi connectivity index (χ0) is 18.6. The van der Waals surface area contributed by atoms with Gasteiger partial charge in [0.15, 0.2) is 9.84 Å². The number of rotatable bonds is 6. The first-order valence-electron chi connectivity index (χ1n) is 8.28. The summed E-state index contributed by atoms with van der Waals surface area (Å²) in [7, 11) is -3.59. The smallest absolute Gasteiger partial charge is 0.407 e. The van der Waals surface area contributed by atoms with E-state index in [-0.39, 0.29) is 4.90 Å². The number of nitrogens with zero attached hydrogens (tertiary/aromatic N) is 1. The highest BCUT2D eigenvalue weighted by atomic mass is 32.2. The minimum Gasteiger partial charge on any atom is -0.493 e. The molecule has 0 unspecified atom stereocenters. The van der Waals surface area contributed by atoms with Crippen molar-refractivity contribution in [3.05, 3.63) is 24.0 Å². The van der Waals surface area contributed by atoms with Crippen LogP contribution in [0.3, 0.4) is 0 Å². The molecule has 1 aromatic carbocycles. The first kappa shape index (κ1) is 19.5. The van der Waals surface area contributed by atoms with Crippen LogP contribution in [0.5, 0.6) is 5.75 Å². The number of carboxylic acid groups (broad SMARTS) is 1. The number of amides is 1. The van der Waals surface area contributed by atoms with E-state index < -0.39 is 21.7 Å². The Balaban J connectivity index is 1.81. The minimum atomic E-state index is -3.59. The van der Waals surface area contributed by atoms with Gasteiger partial charge in [0.05, 0.1) is 6.61 Å². The van der Waals surface area contributed by atoms with Gasteiger partial charge in [-0.05, 0) is 43.2 Å². The first-order valence-corrected chi connectivity index (χ1v) is 10.2. The van der Waals surface area contributed by atoms with Crippen molar-refractivity contribution in [2.45, 2.75) is 31.1 Å². The second kappa shape index (κ2) is 8.03. The van der Waals surface area contributed by atoms with Gasteiger partial charge in [0.2, 0.25) is 0 Å². The molecular formula is C17H24FNO5S. The molecule has 1 aromatic rings. The highest BCUT2D eigenvalue weighted by molar-refractivity contribution is 7.90. The summed E-state index contributed by atoms with van der Waals surface area (Å²) in [6.45, 7) is 3.63. The standard InChI is InChI=1S/C17H24FNO5S/c1-12(13-5-8-19(9-6-13)17(20)21)7-10-24-14-3-4-16(15(18)11-14)25(2,22)23/h3-4,11-13H,5-10H2,1-2H3,(H,20,21)/t12-/m1/s1. The van der Waals surface area contributed by atoms with Crippen LogP contribution in [0.15, 0.2) is 23.1 Å². The molecule has 1 N–H and O–H groups in total. The number of likely N-dealkylation sites (tertiary alicyclic amines) is 1. The van der Waals surface area contributed by atoms with Gasteiger partial charge in [0.25, 0.3) is 0 Å². The Labute approximate surface area is 147 Å². The Morgan fingerprint density at radius 2 is 2.04 bits per heavy atom. The minimum absolute atomic E-state index is 0.304. The van der Waals surface area contributed by atoms with Gasteiger partial charge in [-0.3, -0.25) is 0 Å². The van der Waals surface area contributed by atoms with Crippen LogP contribution in [0.2, 0.25) is 0 Å². The molecule has 1 aliphatic rings. The maximum atomic E-state index is 13.8. The van der Waals surface area contributed by atoms with Gasteiger partial charge in [0, 0.05) is 25.4 Å². The average molecular weight is 373 g/mol. The summed E-state index contributed by atoms with van der Waals surface area (Å²) in [5.74, 6) is 0.312. The predicted octanol–water partition coefficient (Wildman–Crippen LogP) is 3.02. The zero-order valence-electron chi connectivity index (χ0n) is 14.4. The van der Waals surface area contributed by atoms with E-state index in [1.54, 1.807) is 0 Å². The van der Waals surface area contributed by atoms with E-state index >= 15 is 0 Å². The van der Waals surface area contributed by atoms with Crippen LogP contribution < -0.4 is 4.74 Å². The number of halogens is 1. The number of piperidine rings is 1. The highest BCUT2D eigenvalue weighted by Gasteiger charge is 2.26. The molecule has 0 aromatic heterocycles. The van der Waals surface area contributed by atoms with Gasteiger partial charge >= 0.3 is 6.09 Å². The Morgan fingerprint density at radius 3 is 2.56 bits per heavy atom. The molecule has 25 heavy (non-hydrogen) atoms. The molecule has 0 spiro atoms. The summed E-state index contributed by atoms with van der Waals surface area (Å²) in [6.07, 6.45) is 2.54. The third-order valence-electron chi connectivity index (χ3n) is 4.76. The Morgan fingerprint density at radius 1 is 1.40 bits per heavy atom. The van der Waals surface area contributed by atoms with E-state index in [2.05, 4.69) is 6.92 Å². The summed E-state index contributed by atoms with van der Waals surface area (Å²) in [4.78, 5) is 12.0. The van der Waals surface area contributed by atoms with Crippen molar-refractivity contribution in [1.82, 2.24) is 4.90 Å². The van der Waals surface area contributed by atoms with Gasteiger partial charge < -0.3 is 14.7 Å². The molecule has 0 radical (unpaired) electrons. The lowest BCUT2D eigenvalue weighted by atomic mass is 9.84. The summed E-state index contributed by atoms with van der Waals surface area (Å²) in [5.41, 5.74) is 0. The fourth-order valence-corrected chi connectivity index (χ4v) is 3.86. The molecule has 1 amide bonds. The normalized spacial score (nSPS) is 17.3. The molecule has 1 saturated heterocycles. The second-order valence-corrected chi connectivity index (χ2v) is 8.57. The number of sulfone groups is 1. The molecule has 1 atom stereocenters. The molecule has 8 heteroatoms. The summed E-state index contributed by atoms with van der Waals surface area (Å²) < 4.78 is 42.1. The van der Waals surface area contributed by atoms with Crippen LogP contribution in [-0.2, 0) is 9.84 Å². The molecule has 0 bridgehead atoms. The third kappa shape index (κ3) is 5.32. The van der Waals surface area contributed by atoms with Crippen LogP contribution in [0.1, 0.15) is 26.2 Å². The van der Waals surface area contributed by atoms with E-state index in [1.807, 2.05) is 0 Å². The van der Waals surface area contributed by atoms with Crippen molar-refractivity contribution in [2.75, 3.05) is 26.0 Å². The van der Waals surface area contributed by atoms with Crippen molar-refractivity contribution in [1.29, 1.82) is 0 Å². The van der Waals surface area contributed by atoms with Crippen LogP contribution in [0, 0.1) is 17.7 Å². The molecular weight excluding hydrogens is 349 g/mol. The van der Waals surface area contributed by atoms with E-state index in [1.165, 1.54) is 17.0 Å². The van der Waals surface area contributed by atoms with Crippen molar-refractivity contribution in [3.8, 4) is 5.75 Å². The van der Waals surface area contributed by atoms with Crippen molar-refractivity contribution in [3.63, 3.8) is 0 Å². The maximum Gasteiger partial charge on any atom is 0.407 e. The molecule has 1 heterocycles. The topological polar surface area (TPSA) is 83.9 Å². The summed E-state index contributed by atoms with van der Waals surface area (Å²) >= 11 is 0. The average Bonchev–Trinajstić information content (AvgIpc) is 2.53. The fourth-order valence-electron chi connectivity index (χ4n) is 3.13. The van der Waals surface area contributed by atoms with E-state index in [9.17, 15) is 17.6 Å². The lowest BCUT2D eigenvalue weighted by molar-refractivity contribution is 0.110. The van der Waals surface area contributed by atoms with Gasteiger partial charge in [0.1, 0.15) is 16.5 Å². The van der Waals surface area contributed by atoms with E-state index in [0.29, 0.717) is 37.3 Å². The third-order valence-corrected chi connectivity index (χ3v) is 5.89. The van der Waals surface area contributed by atoms with E-state index in [0.717, 1.165) is 31.6 Å².